The van der Waals surface area contributed by atoms with Crippen molar-refractivity contribution in [1.82, 2.24) is 4.90 Å². The Balaban J connectivity index is 1.52. The number of nitrogens with two attached hydrogens (primary N) is 1. The normalized spacial score (nSPS) is 23.0. The average molecular weight is 258 g/mol. The standard InChI is InChI=1S/C17H26N2/c18-11-15-5-7-16(8-6-15)12-19-13-17(14-19)9-3-1-2-4-10-17/h5-8H,1-4,9-14,18H2. The number of nitrogens with zero attached hydrogens (tertiary/aromatic N) is 1. The van der Waals surface area contributed by atoms with Crippen molar-refractivity contribution in [3.05, 3.63) is 35.4 Å². The lowest BCUT2D eigenvalue weighted by Crippen LogP contribution is -2.55. The summed E-state index contributed by atoms with van der Waals surface area (Å²) in [5.41, 5.74) is 8.98. The van der Waals surface area contributed by atoms with Crippen LogP contribution in [0.5, 0.6) is 0 Å². The quantitative estimate of drug-likeness (QED) is 0.901. The topological polar surface area (TPSA) is 29.3 Å². The number of likely N-dealkylation sites (tertiary alicyclic amines) is 1. The highest BCUT2D eigenvalue weighted by Gasteiger charge is 2.42. The van der Waals surface area contributed by atoms with Crippen molar-refractivity contribution >= 4 is 0 Å². The zero-order valence-corrected chi connectivity index (χ0v) is 11.9. The Morgan fingerprint density at radius 3 is 2.05 bits per heavy atom. The van der Waals surface area contributed by atoms with E-state index in [1.807, 2.05) is 0 Å². The highest BCUT2D eigenvalue weighted by atomic mass is 15.2. The molecule has 1 spiro atoms. The summed E-state index contributed by atoms with van der Waals surface area (Å²) in [7, 11) is 0. The van der Waals surface area contributed by atoms with Gasteiger partial charge >= 0.3 is 0 Å². The second kappa shape index (κ2) is 5.64. The monoisotopic (exact) mass is 258 g/mol. The minimum Gasteiger partial charge on any atom is -0.326 e. The van der Waals surface area contributed by atoms with E-state index in [1.54, 1.807) is 0 Å². The Hall–Kier alpha value is -0.860. The maximum atomic E-state index is 5.64. The zero-order valence-electron chi connectivity index (χ0n) is 11.9. The van der Waals surface area contributed by atoms with E-state index in [0.717, 1.165) is 6.54 Å². The van der Waals surface area contributed by atoms with Gasteiger partial charge in [-0.05, 0) is 29.4 Å². The Morgan fingerprint density at radius 2 is 1.47 bits per heavy atom. The summed E-state index contributed by atoms with van der Waals surface area (Å²) in [4.78, 5) is 2.61. The molecule has 0 radical (unpaired) electrons. The fraction of sp³-hybridized carbons (Fsp3) is 0.647. The van der Waals surface area contributed by atoms with Crippen LogP contribution in [0.3, 0.4) is 0 Å². The molecule has 3 rings (SSSR count). The molecule has 0 amide bonds. The first kappa shape index (κ1) is 13.1. The molecular formula is C17H26N2. The summed E-state index contributed by atoms with van der Waals surface area (Å²) in [5.74, 6) is 0. The molecule has 2 nitrogen and oxygen atoms in total. The third kappa shape index (κ3) is 3.01. The first-order chi connectivity index (χ1) is 9.30. The number of hydrogen-bond acceptors (Lipinski definition) is 2. The molecule has 1 aliphatic heterocycles. The minimum absolute atomic E-state index is 0.646. The molecule has 0 bridgehead atoms. The molecular weight excluding hydrogens is 232 g/mol. The van der Waals surface area contributed by atoms with Gasteiger partial charge in [0.2, 0.25) is 0 Å². The Labute approximate surface area is 117 Å². The largest absolute Gasteiger partial charge is 0.326 e. The van der Waals surface area contributed by atoms with Crippen molar-refractivity contribution in [2.45, 2.75) is 51.6 Å². The maximum absolute atomic E-state index is 5.64. The van der Waals surface area contributed by atoms with Gasteiger partial charge in [-0.2, -0.15) is 0 Å². The summed E-state index contributed by atoms with van der Waals surface area (Å²) in [6.07, 6.45) is 8.77. The lowest BCUT2D eigenvalue weighted by atomic mass is 9.73. The van der Waals surface area contributed by atoms with Crippen molar-refractivity contribution in [1.29, 1.82) is 0 Å². The first-order valence-electron chi connectivity index (χ1n) is 7.80. The van der Waals surface area contributed by atoms with Gasteiger partial charge in [0.25, 0.3) is 0 Å². The summed E-state index contributed by atoms with van der Waals surface area (Å²) in [6, 6.07) is 8.80. The van der Waals surface area contributed by atoms with E-state index < -0.39 is 0 Å². The second-order valence-corrected chi connectivity index (χ2v) is 6.58. The molecule has 2 aliphatic rings. The van der Waals surface area contributed by atoms with Gasteiger partial charge in [0.15, 0.2) is 0 Å². The lowest BCUT2D eigenvalue weighted by molar-refractivity contribution is -0.0176. The zero-order chi connectivity index (χ0) is 13.1. The molecule has 1 saturated carbocycles. The van der Waals surface area contributed by atoms with Crippen molar-refractivity contribution in [2.75, 3.05) is 13.1 Å². The van der Waals surface area contributed by atoms with Gasteiger partial charge in [-0.15, -0.1) is 0 Å². The van der Waals surface area contributed by atoms with E-state index in [-0.39, 0.29) is 0 Å². The number of benzene rings is 1. The molecule has 1 aromatic carbocycles. The summed E-state index contributed by atoms with van der Waals surface area (Å²) >= 11 is 0. The van der Waals surface area contributed by atoms with E-state index >= 15 is 0 Å². The van der Waals surface area contributed by atoms with Crippen LogP contribution in [0.1, 0.15) is 49.7 Å². The van der Waals surface area contributed by atoms with Crippen LogP contribution >= 0.6 is 0 Å². The van der Waals surface area contributed by atoms with Crippen LogP contribution in [0.4, 0.5) is 0 Å². The molecule has 0 unspecified atom stereocenters. The number of rotatable bonds is 3. The van der Waals surface area contributed by atoms with Crippen LogP contribution in [-0.4, -0.2) is 18.0 Å². The van der Waals surface area contributed by atoms with Crippen LogP contribution < -0.4 is 5.73 Å². The van der Waals surface area contributed by atoms with Crippen molar-refractivity contribution in [2.24, 2.45) is 11.1 Å². The third-order valence-electron chi connectivity index (χ3n) is 4.95. The molecule has 1 heterocycles. The van der Waals surface area contributed by atoms with Gasteiger partial charge in [-0.3, -0.25) is 4.90 Å². The van der Waals surface area contributed by atoms with E-state index in [2.05, 4.69) is 29.2 Å². The van der Waals surface area contributed by atoms with Crippen molar-refractivity contribution < 1.29 is 0 Å². The predicted molar refractivity (Wildman–Crippen MR) is 79.7 cm³/mol. The molecule has 1 aromatic rings. The van der Waals surface area contributed by atoms with E-state index in [1.165, 1.54) is 62.7 Å². The van der Waals surface area contributed by atoms with Gasteiger partial charge in [0, 0.05) is 26.2 Å². The Morgan fingerprint density at radius 1 is 0.895 bits per heavy atom. The number of hydrogen-bond donors (Lipinski definition) is 1. The molecule has 0 aromatic heterocycles. The van der Waals surface area contributed by atoms with E-state index in [9.17, 15) is 0 Å². The smallest absolute Gasteiger partial charge is 0.0234 e. The van der Waals surface area contributed by atoms with Gasteiger partial charge < -0.3 is 5.73 Å². The molecule has 1 saturated heterocycles. The fourth-order valence-corrected chi connectivity index (χ4v) is 3.85. The average Bonchev–Trinajstić information content (AvgIpc) is 2.65. The Kier molecular flexibility index (Phi) is 3.90. The highest BCUT2D eigenvalue weighted by Crippen LogP contribution is 2.43. The molecule has 0 atom stereocenters. The summed E-state index contributed by atoms with van der Waals surface area (Å²) in [5, 5.41) is 0. The molecule has 2 fully saturated rings. The van der Waals surface area contributed by atoms with Crippen molar-refractivity contribution in [3.63, 3.8) is 0 Å². The van der Waals surface area contributed by atoms with Gasteiger partial charge in [-0.25, -0.2) is 0 Å². The van der Waals surface area contributed by atoms with Gasteiger partial charge in [-0.1, -0.05) is 49.9 Å². The van der Waals surface area contributed by atoms with Gasteiger partial charge in [0.1, 0.15) is 0 Å². The molecule has 104 valence electrons. The molecule has 1 aliphatic carbocycles. The lowest BCUT2D eigenvalue weighted by Gasteiger charge is -2.50. The molecule has 2 N–H and O–H groups in total. The molecule has 19 heavy (non-hydrogen) atoms. The maximum Gasteiger partial charge on any atom is 0.0234 e. The van der Waals surface area contributed by atoms with Crippen LogP contribution in [0, 0.1) is 5.41 Å². The SMILES string of the molecule is NCc1ccc(CN2CC3(CCCCCC3)C2)cc1. The summed E-state index contributed by atoms with van der Waals surface area (Å²) in [6.45, 7) is 4.41. The van der Waals surface area contributed by atoms with Crippen molar-refractivity contribution in [3.8, 4) is 0 Å². The molecule has 2 heteroatoms. The highest BCUT2D eigenvalue weighted by molar-refractivity contribution is 5.22. The third-order valence-corrected chi connectivity index (χ3v) is 4.95. The van der Waals surface area contributed by atoms with E-state index in [0.29, 0.717) is 12.0 Å². The van der Waals surface area contributed by atoms with Gasteiger partial charge in [0.05, 0.1) is 0 Å². The van der Waals surface area contributed by atoms with Crippen LogP contribution in [-0.2, 0) is 13.1 Å². The predicted octanol–water partition coefficient (Wildman–Crippen LogP) is 3.30. The van der Waals surface area contributed by atoms with Crippen LogP contribution in [0.2, 0.25) is 0 Å². The Bertz CT molecular complexity index is 394. The first-order valence-corrected chi connectivity index (χ1v) is 7.80. The van der Waals surface area contributed by atoms with Crippen LogP contribution in [0.25, 0.3) is 0 Å². The fourth-order valence-electron chi connectivity index (χ4n) is 3.85. The summed E-state index contributed by atoms with van der Waals surface area (Å²) < 4.78 is 0. The van der Waals surface area contributed by atoms with Crippen LogP contribution in [0.15, 0.2) is 24.3 Å². The minimum atomic E-state index is 0.646. The second-order valence-electron chi connectivity index (χ2n) is 6.58. The van der Waals surface area contributed by atoms with E-state index in [4.69, 9.17) is 5.73 Å².